The Bertz CT molecular complexity index is 1170. The van der Waals surface area contributed by atoms with Crippen molar-refractivity contribution in [3.05, 3.63) is 72.3 Å². The molecule has 3 heterocycles. The second-order valence-electron chi connectivity index (χ2n) is 9.24. The summed E-state index contributed by atoms with van der Waals surface area (Å²) in [5.41, 5.74) is 1.60. The molecular weight excluding hydrogens is 430 g/mol. The lowest BCUT2D eigenvalue weighted by Crippen LogP contribution is -2.52. The molecule has 3 aromatic rings. The lowest BCUT2D eigenvalue weighted by Gasteiger charge is -2.41. The lowest BCUT2D eigenvalue weighted by molar-refractivity contribution is -0.142. The maximum Gasteiger partial charge on any atom is 0.247 e. The molecule has 0 radical (unpaired) electrons. The maximum atomic E-state index is 13.5. The van der Waals surface area contributed by atoms with E-state index in [9.17, 15) is 9.59 Å². The minimum absolute atomic E-state index is 0.0000662. The minimum Gasteiger partial charge on any atom is -0.457 e. The number of amides is 2. The second-order valence-corrected chi connectivity index (χ2v) is 9.24. The van der Waals surface area contributed by atoms with Crippen LogP contribution in [0.2, 0.25) is 0 Å². The first kappa shape index (κ1) is 22.1. The van der Waals surface area contributed by atoms with Gasteiger partial charge >= 0.3 is 0 Å². The van der Waals surface area contributed by atoms with Crippen LogP contribution < -0.4 is 10.1 Å². The molecule has 2 aliphatic rings. The van der Waals surface area contributed by atoms with Gasteiger partial charge in [-0.25, -0.2) is 9.67 Å². The Morgan fingerprint density at radius 1 is 1.09 bits per heavy atom. The smallest absolute Gasteiger partial charge is 0.247 e. The van der Waals surface area contributed by atoms with E-state index in [1.54, 1.807) is 11.0 Å². The van der Waals surface area contributed by atoms with E-state index in [0.717, 1.165) is 29.0 Å². The molecule has 0 aliphatic carbocycles. The van der Waals surface area contributed by atoms with Gasteiger partial charge in [0.2, 0.25) is 11.8 Å². The number of likely N-dealkylation sites (tertiary alicyclic amines) is 1. The number of nitrogens with one attached hydrogen (secondary N) is 1. The van der Waals surface area contributed by atoms with Crippen molar-refractivity contribution in [2.24, 2.45) is 5.41 Å². The SMILES string of the molecule is CC(C(=O)N1CCC2(CC1)Cc1cccc(c1)Oc1cccc(c1)CCNC2=O)n1cncn1. The summed E-state index contributed by atoms with van der Waals surface area (Å²) < 4.78 is 7.68. The van der Waals surface area contributed by atoms with Crippen molar-refractivity contribution in [3.63, 3.8) is 0 Å². The van der Waals surface area contributed by atoms with Gasteiger partial charge in [0, 0.05) is 19.6 Å². The van der Waals surface area contributed by atoms with E-state index >= 15 is 0 Å². The predicted molar refractivity (Wildman–Crippen MR) is 126 cm³/mol. The third-order valence-electron chi connectivity index (χ3n) is 6.98. The first-order valence-electron chi connectivity index (χ1n) is 11.8. The van der Waals surface area contributed by atoms with Gasteiger partial charge in [0.15, 0.2) is 0 Å². The lowest BCUT2D eigenvalue weighted by atomic mass is 9.72. The van der Waals surface area contributed by atoms with Gasteiger partial charge in [-0.1, -0.05) is 24.3 Å². The summed E-state index contributed by atoms with van der Waals surface area (Å²) in [4.78, 5) is 32.4. The Hall–Kier alpha value is -3.68. The molecule has 2 aliphatic heterocycles. The molecule has 0 saturated carbocycles. The molecule has 1 atom stereocenters. The highest BCUT2D eigenvalue weighted by Gasteiger charge is 2.43. The molecule has 2 amide bonds. The van der Waals surface area contributed by atoms with Crippen molar-refractivity contribution in [1.82, 2.24) is 25.0 Å². The van der Waals surface area contributed by atoms with Crippen LogP contribution in [0.1, 0.15) is 36.9 Å². The van der Waals surface area contributed by atoms with E-state index in [1.165, 1.54) is 6.33 Å². The van der Waals surface area contributed by atoms with E-state index in [1.807, 2.05) is 60.4 Å². The van der Waals surface area contributed by atoms with Crippen LogP contribution in [0, 0.1) is 5.41 Å². The van der Waals surface area contributed by atoms with Crippen molar-refractivity contribution >= 4 is 11.8 Å². The van der Waals surface area contributed by atoms with Gasteiger partial charge in [-0.3, -0.25) is 9.59 Å². The van der Waals surface area contributed by atoms with Crippen LogP contribution in [0.3, 0.4) is 0 Å². The van der Waals surface area contributed by atoms with E-state index < -0.39 is 11.5 Å². The van der Waals surface area contributed by atoms with Gasteiger partial charge in [-0.15, -0.1) is 0 Å². The average Bonchev–Trinajstić information content (AvgIpc) is 3.39. The number of nitrogens with zero attached hydrogens (tertiary/aromatic N) is 4. The van der Waals surface area contributed by atoms with Gasteiger partial charge in [0.25, 0.3) is 0 Å². The molecular formula is C26H29N5O3. The zero-order chi connectivity index (χ0) is 23.5. The number of rotatable bonds is 2. The summed E-state index contributed by atoms with van der Waals surface area (Å²) in [6.07, 6.45) is 5.54. The first-order chi connectivity index (χ1) is 16.5. The summed E-state index contributed by atoms with van der Waals surface area (Å²) in [5, 5.41) is 7.28. The number of hydrogen-bond acceptors (Lipinski definition) is 5. The number of aromatic nitrogens is 3. The molecule has 8 nitrogen and oxygen atoms in total. The van der Waals surface area contributed by atoms with E-state index in [4.69, 9.17) is 4.74 Å². The predicted octanol–water partition coefficient (Wildman–Crippen LogP) is 3.16. The molecule has 34 heavy (non-hydrogen) atoms. The molecule has 4 bridgehead atoms. The fraction of sp³-hybridized carbons (Fsp3) is 0.385. The van der Waals surface area contributed by atoms with E-state index in [0.29, 0.717) is 38.9 Å². The van der Waals surface area contributed by atoms with Gasteiger partial charge in [-0.2, -0.15) is 5.10 Å². The summed E-state index contributed by atoms with van der Waals surface area (Å²) >= 11 is 0. The average molecular weight is 460 g/mol. The molecule has 8 heteroatoms. The molecule has 1 unspecified atom stereocenters. The Labute approximate surface area is 198 Å². The van der Waals surface area contributed by atoms with Crippen LogP contribution in [0.5, 0.6) is 11.5 Å². The second kappa shape index (κ2) is 9.29. The van der Waals surface area contributed by atoms with Crippen molar-refractivity contribution < 1.29 is 14.3 Å². The van der Waals surface area contributed by atoms with E-state index in [-0.39, 0.29) is 11.8 Å². The van der Waals surface area contributed by atoms with Crippen LogP contribution in [0.15, 0.2) is 61.2 Å². The summed E-state index contributed by atoms with van der Waals surface area (Å²) in [6, 6.07) is 15.5. The number of fused-ring (bicyclic) bond motifs is 4. The molecule has 1 N–H and O–H groups in total. The highest BCUT2D eigenvalue weighted by Crippen LogP contribution is 2.37. The van der Waals surface area contributed by atoms with Gasteiger partial charge in [-0.05, 0) is 68.0 Å². The summed E-state index contributed by atoms with van der Waals surface area (Å²) in [7, 11) is 0. The summed E-state index contributed by atoms with van der Waals surface area (Å²) in [5.74, 6) is 1.62. The topological polar surface area (TPSA) is 89.4 Å². The fourth-order valence-electron chi connectivity index (χ4n) is 4.95. The van der Waals surface area contributed by atoms with Crippen LogP contribution in [0.25, 0.3) is 0 Å². The number of carbonyl (C=O) groups excluding carboxylic acids is 2. The van der Waals surface area contributed by atoms with Crippen LogP contribution >= 0.6 is 0 Å². The Kier molecular flexibility index (Phi) is 6.04. The molecule has 176 valence electrons. The molecule has 1 fully saturated rings. The number of ether oxygens (including phenoxy) is 1. The van der Waals surface area contributed by atoms with Crippen LogP contribution in [-0.4, -0.2) is 51.1 Å². The normalized spacial score (nSPS) is 18.6. The molecule has 1 spiro atoms. The standard InChI is InChI=1S/C26H29N5O3/c1-19(31-18-27-17-29-31)24(32)30-12-9-26(10-13-30)16-21-5-3-7-23(15-21)34-22-6-2-4-20(14-22)8-11-28-25(26)33/h2-7,14-15,17-19H,8-13,16H2,1H3,(H,28,33). The van der Waals surface area contributed by atoms with Gasteiger partial charge in [0.05, 0.1) is 5.41 Å². The van der Waals surface area contributed by atoms with Gasteiger partial charge in [0.1, 0.15) is 30.2 Å². The van der Waals surface area contributed by atoms with Crippen LogP contribution in [0.4, 0.5) is 0 Å². The largest absolute Gasteiger partial charge is 0.457 e. The third kappa shape index (κ3) is 4.53. The first-order valence-corrected chi connectivity index (χ1v) is 11.8. The fourth-order valence-corrected chi connectivity index (χ4v) is 4.95. The quantitative estimate of drug-likeness (QED) is 0.636. The third-order valence-corrected chi connectivity index (χ3v) is 6.98. The van der Waals surface area contributed by atoms with Crippen LogP contribution in [-0.2, 0) is 22.4 Å². The molecule has 1 aromatic heterocycles. The number of hydrogen-bond donors (Lipinski definition) is 1. The number of benzene rings is 2. The summed E-state index contributed by atoms with van der Waals surface area (Å²) in [6.45, 7) is 3.45. The molecule has 5 rings (SSSR count). The maximum absolute atomic E-state index is 13.5. The minimum atomic E-state index is -0.571. The van der Waals surface area contributed by atoms with Crippen molar-refractivity contribution in [1.29, 1.82) is 0 Å². The zero-order valence-electron chi connectivity index (χ0n) is 19.3. The van der Waals surface area contributed by atoms with E-state index in [2.05, 4.69) is 15.4 Å². The highest BCUT2D eigenvalue weighted by atomic mass is 16.5. The Morgan fingerprint density at radius 3 is 2.50 bits per heavy atom. The molecule has 1 saturated heterocycles. The Morgan fingerprint density at radius 2 is 1.79 bits per heavy atom. The number of carbonyl (C=O) groups is 2. The van der Waals surface area contributed by atoms with Gasteiger partial charge < -0.3 is 15.0 Å². The Balaban J connectivity index is 1.37. The highest BCUT2D eigenvalue weighted by molar-refractivity contribution is 5.84. The van der Waals surface area contributed by atoms with Crippen molar-refractivity contribution in [2.75, 3.05) is 19.6 Å². The van der Waals surface area contributed by atoms with Crippen molar-refractivity contribution in [3.8, 4) is 11.5 Å². The molecule has 2 aromatic carbocycles. The zero-order valence-corrected chi connectivity index (χ0v) is 19.3. The van der Waals surface area contributed by atoms with Crippen molar-refractivity contribution in [2.45, 2.75) is 38.6 Å². The monoisotopic (exact) mass is 459 g/mol. The number of piperidine rings is 1.